The van der Waals surface area contributed by atoms with E-state index in [9.17, 15) is 4.79 Å². The van der Waals surface area contributed by atoms with Crippen LogP contribution in [0.5, 0.6) is 0 Å². The zero-order valence-electron chi connectivity index (χ0n) is 12.4. The van der Waals surface area contributed by atoms with Gasteiger partial charge in [0.2, 0.25) is 5.91 Å². The van der Waals surface area contributed by atoms with E-state index in [1.165, 1.54) is 0 Å². The molecule has 0 radical (unpaired) electrons. The van der Waals surface area contributed by atoms with Gasteiger partial charge in [-0.2, -0.15) is 0 Å². The zero-order valence-corrected chi connectivity index (χ0v) is 14.7. The molecule has 0 aromatic rings. The van der Waals surface area contributed by atoms with Crippen molar-refractivity contribution in [3.63, 3.8) is 0 Å². The number of nitrogens with one attached hydrogen (secondary N) is 2. The summed E-state index contributed by atoms with van der Waals surface area (Å²) in [5.74, 6) is 1.46. The summed E-state index contributed by atoms with van der Waals surface area (Å²) in [5, 5.41) is 14.8. The van der Waals surface area contributed by atoms with E-state index in [1.807, 2.05) is 6.92 Å². The number of hydrogen-bond donors (Lipinski definition) is 3. The third-order valence-electron chi connectivity index (χ3n) is 3.36. The fourth-order valence-electron chi connectivity index (χ4n) is 2.29. The molecular formula is C13H27IN4O2. The van der Waals surface area contributed by atoms with Gasteiger partial charge in [0.25, 0.3) is 0 Å². The van der Waals surface area contributed by atoms with Gasteiger partial charge in [-0.3, -0.25) is 9.79 Å². The molecule has 7 heteroatoms. The number of hydrogen-bond acceptors (Lipinski definition) is 3. The summed E-state index contributed by atoms with van der Waals surface area (Å²) < 4.78 is 0. The van der Waals surface area contributed by atoms with E-state index in [1.54, 1.807) is 7.05 Å². The highest BCUT2D eigenvalue weighted by atomic mass is 127. The smallest absolute Gasteiger partial charge is 0.220 e. The van der Waals surface area contributed by atoms with Crippen LogP contribution in [0.3, 0.4) is 0 Å². The van der Waals surface area contributed by atoms with Crippen molar-refractivity contribution in [3.05, 3.63) is 0 Å². The minimum atomic E-state index is 0. The lowest BCUT2D eigenvalue weighted by Crippen LogP contribution is -2.46. The van der Waals surface area contributed by atoms with Gasteiger partial charge in [0.15, 0.2) is 5.96 Å². The Bertz CT molecular complexity index is 305. The van der Waals surface area contributed by atoms with Gasteiger partial charge in [0, 0.05) is 33.1 Å². The van der Waals surface area contributed by atoms with Gasteiger partial charge in [-0.1, -0.05) is 0 Å². The van der Waals surface area contributed by atoms with Crippen LogP contribution in [0.25, 0.3) is 0 Å². The molecule has 0 atom stereocenters. The van der Waals surface area contributed by atoms with Crippen molar-refractivity contribution in [2.75, 3.05) is 39.8 Å². The van der Waals surface area contributed by atoms with Crippen LogP contribution in [0.2, 0.25) is 0 Å². The van der Waals surface area contributed by atoms with Crippen LogP contribution in [0, 0.1) is 5.92 Å². The van der Waals surface area contributed by atoms with Crippen molar-refractivity contribution >= 4 is 35.8 Å². The number of carbonyl (C=O) groups is 1. The van der Waals surface area contributed by atoms with Crippen molar-refractivity contribution in [1.29, 1.82) is 0 Å². The molecule has 0 unspecified atom stereocenters. The Morgan fingerprint density at radius 3 is 2.55 bits per heavy atom. The highest BCUT2D eigenvalue weighted by Gasteiger charge is 2.22. The first-order valence-electron chi connectivity index (χ1n) is 7.06. The molecule has 1 aliphatic rings. The van der Waals surface area contributed by atoms with Crippen LogP contribution in [0.4, 0.5) is 0 Å². The average molecular weight is 398 g/mol. The molecule has 1 saturated heterocycles. The van der Waals surface area contributed by atoms with Gasteiger partial charge < -0.3 is 20.6 Å². The Morgan fingerprint density at radius 2 is 2.05 bits per heavy atom. The lowest BCUT2D eigenvalue weighted by Gasteiger charge is -2.34. The number of aliphatic hydroxyl groups is 1. The Hall–Kier alpha value is -0.570. The van der Waals surface area contributed by atoms with Crippen LogP contribution in [0.15, 0.2) is 4.99 Å². The summed E-state index contributed by atoms with van der Waals surface area (Å²) in [6.07, 6.45) is 2.64. The molecule has 0 saturated carbocycles. The first-order chi connectivity index (χ1) is 9.21. The normalized spacial score (nSPS) is 16.6. The molecule has 0 aromatic carbocycles. The number of halogens is 1. The average Bonchev–Trinajstić information content (AvgIpc) is 2.44. The van der Waals surface area contributed by atoms with Crippen molar-refractivity contribution < 1.29 is 9.90 Å². The topological polar surface area (TPSA) is 77.0 Å². The van der Waals surface area contributed by atoms with Gasteiger partial charge in [-0.15, -0.1) is 24.0 Å². The first kappa shape index (κ1) is 19.4. The fraction of sp³-hybridized carbons (Fsp3) is 0.846. The molecule has 1 rings (SSSR count). The molecule has 6 nitrogen and oxygen atoms in total. The SMILES string of the molecule is CCNC(=NCCO)N1CCC(CC(=O)NC)CC1.I. The molecule has 1 aliphatic heterocycles. The predicted octanol–water partition coefficient (Wildman–Crippen LogP) is 0.410. The van der Waals surface area contributed by atoms with E-state index >= 15 is 0 Å². The third-order valence-corrected chi connectivity index (χ3v) is 3.36. The Morgan fingerprint density at radius 1 is 1.40 bits per heavy atom. The van der Waals surface area contributed by atoms with Crippen molar-refractivity contribution in [2.45, 2.75) is 26.2 Å². The molecular weight excluding hydrogens is 371 g/mol. The summed E-state index contributed by atoms with van der Waals surface area (Å²) in [6, 6.07) is 0. The summed E-state index contributed by atoms with van der Waals surface area (Å²) in [5.41, 5.74) is 0. The van der Waals surface area contributed by atoms with Crippen LogP contribution < -0.4 is 10.6 Å². The predicted molar refractivity (Wildman–Crippen MR) is 91.5 cm³/mol. The molecule has 1 fully saturated rings. The molecule has 1 amide bonds. The van der Waals surface area contributed by atoms with Crippen molar-refractivity contribution in [1.82, 2.24) is 15.5 Å². The number of carbonyl (C=O) groups excluding carboxylic acids is 1. The van der Waals surface area contributed by atoms with Crippen LogP contribution >= 0.6 is 24.0 Å². The highest BCUT2D eigenvalue weighted by molar-refractivity contribution is 14.0. The number of aliphatic imine (C=N–C) groups is 1. The van der Waals surface area contributed by atoms with E-state index in [0.717, 1.165) is 38.4 Å². The van der Waals surface area contributed by atoms with Gasteiger partial charge >= 0.3 is 0 Å². The number of rotatable bonds is 5. The van der Waals surface area contributed by atoms with E-state index in [-0.39, 0.29) is 36.5 Å². The van der Waals surface area contributed by atoms with E-state index in [4.69, 9.17) is 5.11 Å². The summed E-state index contributed by atoms with van der Waals surface area (Å²) in [6.45, 7) is 5.19. The second kappa shape index (κ2) is 11.1. The Kier molecular flexibility index (Phi) is 10.8. The molecule has 20 heavy (non-hydrogen) atoms. The zero-order chi connectivity index (χ0) is 14.1. The van der Waals surface area contributed by atoms with Crippen molar-refractivity contribution in [2.24, 2.45) is 10.9 Å². The summed E-state index contributed by atoms with van der Waals surface area (Å²) in [4.78, 5) is 17.9. The Balaban J connectivity index is 0.00000361. The van der Waals surface area contributed by atoms with Gasteiger partial charge in [0.1, 0.15) is 0 Å². The second-order valence-corrected chi connectivity index (χ2v) is 4.77. The molecule has 3 N–H and O–H groups in total. The molecule has 0 bridgehead atoms. The summed E-state index contributed by atoms with van der Waals surface area (Å²) in [7, 11) is 1.68. The number of guanidine groups is 1. The first-order valence-corrected chi connectivity index (χ1v) is 7.06. The second-order valence-electron chi connectivity index (χ2n) is 4.77. The molecule has 0 aliphatic carbocycles. The largest absolute Gasteiger partial charge is 0.394 e. The maximum absolute atomic E-state index is 11.4. The maximum Gasteiger partial charge on any atom is 0.220 e. The van der Waals surface area contributed by atoms with Gasteiger partial charge in [-0.25, -0.2) is 0 Å². The maximum atomic E-state index is 11.4. The molecule has 0 spiro atoms. The van der Waals surface area contributed by atoms with E-state index in [2.05, 4.69) is 20.5 Å². The van der Waals surface area contributed by atoms with Crippen LogP contribution in [-0.4, -0.2) is 61.7 Å². The number of nitrogens with zero attached hydrogens (tertiary/aromatic N) is 2. The number of aliphatic hydroxyl groups excluding tert-OH is 1. The lowest BCUT2D eigenvalue weighted by atomic mass is 9.93. The van der Waals surface area contributed by atoms with Crippen LogP contribution in [-0.2, 0) is 4.79 Å². The number of likely N-dealkylation sites (tertiary alicyclic amines) is 1. The number of piperidine rings is 1. The third kappa shape index (κ3) is 6.74. The highest BCUT2D eigenvalue weighted by Crippen LogP contribution is 2.20. The lowest BCUT2D eigenvalue weighted by molar-refractivity contribution is -0.121. The van der Waals surface area contributed by atoms with Crippen molar-refractivity contribution in [3.8, 4) is 0 Å². The molecule has 0 aromatic heterocycles. The Labute approximate surface area is 138 Å². The van der Waals surface area contributed by atoms with E-state index in [0.29, 0.717) is 18.9 Å². The minimum Gasteiger partial charge on any atom is -0.394 e. The molecule has 118 valence electrons. The summed E-state index contributed by atoms with van der Waals surface area (Å²) >= 11 is 0. The monoisotopic (exact) mass is 398 g/mol. The fourth-order valence-corrected chi connectivity index (χ4v) is 2.29. The van der Waals surface area contributed by atoms with Crippen LogP contribution in [0.1, 0.15) is 26.2 Å². The van der Waals surface area contributed by atoms with E-state index < -0.39 is 0 Å². The molecule has 1 heterocycles. The van der Waals surface area contributed by atoms with Gasteiger partial charge in [0.05, 0.1) is 13.2 Å². The van der Waals surface area contributed by atoms with Gasteiger partial charge in [-0.05, 0) is 25.7 Å². The quantitative estimate of drug-likeness (QED) is 0.356. The standard InChI is InChI=1S/C13H26N4O2.HI/c1-3-15-13(16-6-9-18)17-7-4-11(5-8-17)10-12(19)14-2;/h11,18H,3-10H2,1-2H3,(H,14,19)(H,15,16);1H. The number of amides is 1. The minimum absolute atomic E-state index is 0.